The number of rotatable bonds is 52. The maximum atomic E-state index is 15.6. The number of H-pyrrole nitrogens is 1. The molecule has 0 saturated heterocycles. The minimum Gasteiger partial charge on any atom is -0.504 e. The highest BCUT2D eigenvalue weighted by atomic mass is 32.1. The number of aromatic nitrogens is 1. The van der Waals surface area contributed by atoms with Crippen LogP contribution >= 0.6 is 25.3 Å². The van der Waals surface area contributed by atoms with Gasteiger partial charge in [-0.25, -0.2) is 0 Å². The number of aromatic hydroxyl groups is 3. The number of aliphatic hydroxyl groups excluding tert-OH is 1. The Bertz CT molecular complexity index is 5040. The molecule has 0 bridgehead atoms. The summed E-state index contributed by atoms with van der Waals surface area (Å²) in [5.74, 6) is -19.7. The second-order valence-electron chi connectivity index (χ2n) is 32.6. The zero-order valence-corrected chi connectivity index (χ0v) is 74.5. The third-order valence-corrected chi connectivity index (χ3v) is 21.3. The fourth-order valence-electron chi connectivity index (χ4n) is 13.7. The number of phenols is 3. The molecule has 28 N–H and O–H groups in total. The Morgan fingerprint density at radius 1 is 0.481 bits per heavy atom. The second-order valence-corrected chi connectivity index (χ2v) is 34.9. The van der Waals surface area contributed by atoms with Crippen molar-refractivity contribution in [3.8, 4) is 23.0 Å². The summed E-state index contributed by atoms with van der Waals surface area (Å²) >= 11 is 9.22. The Morgan fingerprint density at radius 3 is 1.54 bits per heavy atom. The topological polar surface area (TPSA) is 683 Å². The number of carbonyl (C=O) groups is 17. The van der Waals surface area contributed by atoms with E-state index in [0.29, 0.717) is 39.8 Å². The average Bonchev–Trinajstić information content (AvgIpc) is 1.66. The van der Waals surface area contributed by atoms with Crippen LogP contribution in [-0.2, 0) is 96.0 Å². The summed E-state index contributed by atoms with van der Waals surface area (Å²) in [7, 11) is 1.41. The number of amides is 17. The predicted molar refractivity (Wildman–Crippen MR) is 479 cm³/mol. The van der Waals surface area contributed by atoms with E-state index in [1.54, 1.807) is 72.8 Å². The van der Waals surface area contributed by atoms with E-state index in [2.05, 4.69) is 86.7 Å². The standard InChI is InChI=1S/C86H117N19O22S2/c1-44(106)68(102-75(118)56(28-30-64(88)110)96-81(124)70(84(3,4)128)103-72(115)50-39-62(108)69(114)63(109)40-50)80(123)99-60(38-51-42-93-54-20-12-11-19-53(51)54)78(121)95-57(29-31-65(89)111)76(119)104-71(85(5,6)129)82(125)100-58(36-46-23-26-52(127-8)27-24-46)77(120)97-59(37-47-22-25-48-17-9-10-18-49(48)35-47)79(122)105-86(7,32-14-15-33-87)83(126)101-55(21-13-16-34-92-45(2)107)74(117)98-61(41-66(90)112)73(116)94-43-67(91)113/h9-12,17-20,22-27,35,39-40,42,44,55-61,68,70-71,93,106,108-109,114,128-129H,13-16,21,28-34,36-38,41,43,87H2,1-8H3,(H2,88,110)(H2,89,111)(H2,90,112)(H2,91,113)(H,92,107)(H,94,116)(H,95,121)(H,96,124)(H,97,120)(H,98,117)(H,99,123)(H,100,125)(H,101,126)(H,102,118)(H,103,115)(H,104,119)(H,105,122)/t44-,55+,56+,57+,58+,59+,60+,61+,68+,70-,71-,86+/m1/s1. The van der Waals surface area contributed by atoms with Gasteiger partial charge in [-0.1, -0.05) is 72.8 Å². The van der Waals surface area contributed by atoms with E-state index in [1.807, 2.05) is 18.2 Å². The summed E-state index contributed by atoms with van der Waals surface area (Å²) in [5, 5.41) is 76.6. The number of nitrogens with two attached hydrogens (primary N) is 5. The molecule has 17 amide bonds. The van der Waals surface area contributed by atoms with E-state index in [4.69, 9.17) is 46.0 Å². The molecule has 129 heavy (non-hydrogen) atoms. The molecule has 43 heteroatoms. The zero-order chi connectivity index (χ0) is 95.9. The van der Waals surface area contributed by atoms with E-state index < -0.39 is 244 Å². The Morgan fingerprint density at radius 2 is 0.977 bits per heavy atom. The maximum Gasteiger partial charge on any atom is 0.252 e. The van der Waals surface area contributed by atoms with Crippen molar-refractivity contribution in [2.45, 2.75) is 220 Å². The third-order valence-electron chi connectivity index (χ3n) is 20.8. The maximum absolute atomic E-state index is 15.6. The Labute approximate surface area is 754 Å². The summed E-state index contributed by atoms with van der Waals surface area (Å²) in [6.45, 7) is 8.95. The van der Waals surface area contributed by atoms with Crippen LogP contribution in [0, 0.1) is 0 Å². The first kappa shape index (κ1) is 104. The van der Waals surface area contributed by atoms with Crippen LogP contribution in [0.2, 0.25) is 0 Å². The lowest BCUT2D eigenvalue weighted by atomic mass is 9.91. The van der Waals surface area contributed by atoms with Crippen molar-refractivity contribution in [1.82, 2.24) is 74.1 Å². The van der Waals surface area contributed by atoms with Gasteiger partial charge in [0.25, 0.3) is 5.91 Å². The van der Waals surface area contributed by atoms with Crippen LogP contribution in [0.3, 0.4) is 0 Å². The van der Waals surface area contributed by atoms with E-state index in [0.717, 1.165) is 29.8 Å². The van der Waals surface area contributed by atoms with E-state index in [9.17, 15) is 73.2 Å². The smallest absolute Gasteiger partial charge is 0.252 e. The number of thiol groups is 2. The lowest BCUT2D eigenvalue weighted by Gasteiger charge is -2.34. The number of fused-ring (bicyclic) bond motifs is 2. The molecule has 1 heterocycles. The first-order valence-electron chi connectivity index (χ1n) is 41.4. The van der Waals surface area contributed by atoms with Crippen molar-refractivity contribution in [1.29, 1.82) is 0 Å². The number of benzene rings is 5. The molecule has 12 atom stereocenters. The van der Waals surface area contributed by atoms with Crippen LogP contribution < -0.4 is 103 Å². The number of methoxy groups -OCH3 is 1. The minimum atomic E-state index is -2.02. The molecule has 0 aliphatic rings. The van der Waals surface area contributed by atoms with Crippen LogP contribution in [-0.4, -0.2) is 234 Å². The van der Waals surface area contributed by atoms with E-state index in [1.165, 1.54) is 54.8 Å². The number of para-hydroxylation sites is 1. The van der Waals surface area contributed by atoms with E-state index >= 15 is 28.8 Å². The molecule has 700 valence electrons. The highest BCUT2D eigenvalue weighted by molar-refractivity contribution is 7.82. The molecule has 6 aromatic rings. The Balaban J connectivity index is 1.35. The van der Waals surface area contributed by atoms with Gasteiger partial charge in [0.2, 0.25) is 94.5 Å². The highest BCUT2D eigenvalue weighted by Gasteiger charge is 2.44. The lowest BCUT2D eigenvalue weighted by Crippen LogP contribution is -2.65. The summed E-state index contributed by atoms with van der Waals surface area (Å²) in [5.41, 5.74) is 27.2. The summed E-state index contributed by atoms with van der Waals surface area (Å²) in [6.07, 6.45) is -3.87. The number of primary amides is 4. The molecule has 0 unspecified atom stereocenters. The molecule has 41 nitrogen and oxygen atoms in total. The number of nitrogens with one attached hydrogen (secondary N) is 14. The van der Waals surface area contributed by atoms with Gasteiger partial charge in [0.1, 0.15) is 71.7 Å². The molecule has 0 saturated carbocycles. The fourth-order valence-corrected chi connectivity index (χ4v) is 14.0. The second kappa shape index (κ2) is 48.6. The summed E-state index contributed by atoms with van der Waals surface area (Å²) in [4.78, 5) is 241. The lowest BCUT2D eigenvalue weighted by molar-refractivity contribution is -0.138. The van der Waals surface area contributed by atoms with E-state index in [-0.39, 0.29) is 63.9 Å². The van der Waals surface area contributed by atoms with Crippen molar-refractivity contribution in [3.05, 3.63) is 132 Å². The van der Waals surface area contributed by atoms with Gasteiger partial charge in [-0.05, 0) is 157 Å². The third kappa shape index (κ3) is 32.8. The first-order valence-corrected chi connectivity index (χ1v) is 42.3. The molecular weight excluding hydrogens is 1720 g/mol. The quantitative estimate of drug-likeness (QED) is 0.0109. The van der Waals surface area contributed by atoms with Crippen molar-refractivity contribution < 1.29 is 107 Å². The minimum absolute atomic E-state index is 0.126. The van der Waals surface area contributed by atoms with Crippen molar-refractivity contribution >= 4 is 147 Å². The van der Waals surface area contributed by atoms with Crippen LogP contribution in [0.25, 0.3) is 21.7 Å². The molecule has 6 rings (SSSR count). The molecule has 5 aromatic carbocycles. The van der Waals surface area contributed by atoms with Crippen LogP contribution in [0.15, 0.2) is 109 Å². The van der Waals surface area contributed by atoms with Crippen LogP contribution in [0.1, 0.15) is 146 Å². The van der Waals surface area contributed by atoms with Gasteiger partial charge < -0.3 is 128 Å². The number of unbranched alkanes of at least 4 members (excludes halogenated alkanes) is 2. The fraction of sp³-hybridized carbons (Fsp3) is 0.453. The molecule has 0 aliphatic carbocycles. The zero-order valence-electron chi connectivity index (χ0n) is 72.7. The summed E-state index contributed by atoms with van der Waals surface area (Å²) in [6, 6.07) is 9.61. The van der Waals surface area contributed by atoms with Gasteiger partial charge in [-0.2, -0.15) is 25.3 Å². The molecule has 1 aromatic heterocycles. The number of carbonyl (C=O) groups excluding carboxylic acids is 17. The molecule has 0 aliphatic heterocycles. The largest absolute Gasteiger partial charge is 0.504 e. The monoisotopic (exact) mass is 1830 g/mol. The SMILES string of the molecule is COc1ccc(C[C@H](NC(=O)[C@@H](NC(=O)[C@H](CCC(N)=O)NC(=O)[C@H](Cc2c[nH]c3ccccc23)NC(=O)[C@@H](NC(=O)[C@H](CCC(N)=O)NC(=O)[C@@H](NC(=O)c2cc(O)c(O)c(O)c2)C(C)(C)S)[C@@H](C)O)C(C)(C)S)C(=O)N[C@@H](Cc2ccc3ccccc3c2)C(=O)N[C@@](C)(CCCCN)C(=O)N[C@@H](CCCCNC(C)=O)C(=O)N[C@@H](CC(N)=O)C(=O)NCC(N)=O)cc1. The van der Waals surface area contributed by atoms with Gasteiger partial charge in [0, 0.05) is 77.7 Å². The first-order chi connectivity index (χ1) is 60.6. The average molecular weight is 1830 g/mol. The van der Waals surface area contributed by atoms with Gasteiger partial charge in [0.15, 0.2) is 17.2 Å². The molecule has 0 fully saturated rings. The van der Waals surface area contributed by atoms with Crippen LogP contribution in [0.5, 0.6) is 23.0 Å². The number of ether oxygens (including phenoxy) is 1. The number of aliphatic hydroxyl groups is 1. The summed E-state index contributed by atoms with van der Waals surface area (Å²) < 4.78 is 2.29. The van der Waals surface area contributed by atoms with Gasteiger partial charge in [-0.3, -0.25) is 81.5 Å². The van der Waals surface area contributed by atoms with Gasteiger partial charge in [0.05, 0.1) is 26.2 Å². The Kier molecular flexibility index (Phi) is 39.4. The predicted octanol–water partition coefficient (Wildman–Crippen LogP) is -2.25. The Hall–Kier alpha value is -13.3. The van der Waals surface area contributed by atoms with Crippen molar-refractivity contribution in [2.24, 2.45) is 28.7 Å². The number of aromatic amines is 1. The molecule has 0 spiro atoms. The van der Waals surface area contributed by atoms with Crippen molar-refractivity contribution in [3.63, 3.8) is 0 Å². The van der Waals surface area contributed by atoms with Crippen molar-refractivity contribution in [2.75, 3.05) is 26.7 Å². The normalized spacial score (nSPS) is 14.4. The number of hydrogen-bond acceptors (Lipinski definition) is 25. The van der Waals surface area contributed by atoms with Gasteiger partial charge >= 0.3 is 0 Å². The highest BCUT2D eigenvalue weighted by Crippen LogP contribution is 2.36. The molecular formula is C86H117N19O22S2. The van der Waals surface area contributed by atoms with Gasteiger partial charge in [-0.15, -0.1) is 0 Å². The number of hydrogen-bond donors (Lipinski definition) is 25. The molecule has 0 radical (unpaired) electrons. The number of phenolic OH excluding ortho intramolecular Hbond substituents is 3. The van der Waals surface area contributed by atoms with Crippen LogP contribution in [0.4, 0.5) is 0 Å².